The van der Waals surface area contributed by atoms with Crippen molar-refractivity contribution in [2.75, 3.05) is 20.1 Å². The lowest BCUT2D eigenvalue weighted by molar-refractivity contribution is 0.573. The maximum atomic E-state index is 12.8. The molecule has 0 heterocycles. The molecule has 0 aliphatic carbocycles. The molecule has 2 N–H and O–H groups in total. The zero-order valence-electron chi connectivity index (χ0n) is 12.0. The van der Waals surface area contributed by atoms with E-state index in [9.17, 15) is 4.39 Å². The molecule has 19 heavy (non-hydrogen) atoms. The average molecular weight is 265 g/mol. The Morgan fingerprint density at radius 3 is 2.37 bits per heavy atom. The highest BCUT2D eigenvalue weighted by atomic mass is 19.1. The molecule has 0 atom stereocenters. The van der Waals surface area contributed by atoms with Crippen LogP contribution in [-0.4, -0.2) is 26.1 Å². The lowest BCUT2D eigenvalue weighted by atomic mass is 10.1. The summed E-state index contributed by atoms with van der Waals surface area (Å²) in [6.45, 7) is 6.11. The summed E-state index contributed by atoms with van der Waals surface area (Å²) in [6.07, 6.45) is 1.98. The van der Waals surface area contributed by atoms with Gasteiger partial charge in [-0.15, -0.1) is 0 Å². The van der Waals surface area contributed by atoms with E-state index in [1.165, 1.54) is 12.1 Å². The van der Waals surface area contributed by atoms with Gasteiger partial charge in [0, 0.05) is 20.1 Å². The quantitative estimate of drug-likeness (QED) is 0.612. The van der Waals surface area contributed by atoms with Gasteiger partial charge in [-0.1, -0.05) is 26.0 Å². The first-order valence-electron chi connectivity index (χ1n) is 6.80. The minimum absolute atomic E-state index is 0.192. The zero-order chi connectivity index (χ0) is 14.1. The number of guanidine groups is 1. The lowest BCUT2D eigenvalue weighted by Crippen LogP contribution is -2.39. The van der Waals surface area contributed by atoms with Gasteiger partial charge in [-0.2, -0.15) is 0 Å². The Bertz CT molecular complexity index is 385. The first-order valence-corrected chi connectivity index (χ1v) is 6.80. The molecule has 106 valence electrons. The van der Waals surface area contributed by atoms with Crippen molar-refractivity contribution in [2.45, 2.75) is 26.7 Å². The zero-order valence-corrected chi connectivity index (χ0v) is 12.0. The topological polar surface area (TPSA) is 36.4 Å². The molecule has 0 amide bonds. The minimum atomic E-state index is -0.192. The highest BCUT2D eigenvalue weighted by Gasteiger charge is 1.99. The van der Waals surface area contributed by atoms with Crippen LogP contribution in [0, 0.1) is 11.7 Å². The number of nitrogens with zero attached hydrogens (tertiary/aromatic N) is 1. The van der Waals surface area contributed by atoms with Crippen LogP contribution in [0.25, 0.3) is 0 Å². The molecule has 0 spiro atoms. The van der Waals surface area contributed by atoms with Gasteiger partial charge in [0.05, 0.1) is 0 Å². The van der Waals surface area contributed by atoms with Crippen molar-refractivity contribution in [3.05, 3.63) is 35.6 Å². The van der Waals surface area contributed by atoms with E-state index in [0.29, 0.717) is 5.92 Å². The minimum Gasteiger partial charge on any atom is -0.356 e. The molecule has 0 aliphatic rings. The summed E-state index contributed by atoms with van der Waals surface area (Å²) in [6, 6.07) is 6.61. The molecular formula is C15H24FN3. The van der Waals surface area contributed by atoms with Crippen LogP contribution in [0.2, 0.25) is 0 Å². The van der Waals surface area contributed by atoms with Crippen molar-refractivity contribution >= 4 is 5.96 Å². The van der Waals surface area contributed by atoms with Gasteiger partial charge in [-0.25, -0.2) is 4.39 Å². The Morgan fingerprint density at radius 2 is 1.79 bits per heavy atom. The van der Waals surface area contributed by atoms with Gasteiger partial charge >= 0.3 is 0 Å². The molecule has 0 bridgehead atoms. The van der Waals surface area contributed by atoms with E-state index < -0.39 is 0 Å². The van der Waals surface area contributed by atoms with E-state index in [1.807, 2.05) is 12.1 Å². The molecular weight excluding hydrogens is 241 g/mol. The standard InChI is InChI=1S/C15H24FN3/c1-12(2)8-10-18-15(17-3)19-11-9-13-4-6-14(16)7-5-13/h4-7,12H,8-11H2,1-3H3,(H2,17,18,19). The van der Waals surface area contributed by atoms with Crippen LogP contribution in [0.4, 0.5) is 4.39 Å². The van der Waals surface area contributed by atoms with Crippen LogP contribution in [0.3, 0.4) is 0 Å². The van der Waals surface area contributed by atoms with Gasteiger partial charge in [0.2, 0.25) is 0 Å². The van der Waals surface area contributed by atoms with Gasteiger partial charge in [-0.05, 0) is 36.5 Å². The van der Waals surface area contributed by atoms with Crippen molar-refractivity contribution in [3.63, 3.8) is 0 Å². The van der Waals surface area contributed by atoms with E-state index in [0.717, 1.165) is 37.5 Å². The van der Waals surface area contributed by atoms with E-state index in [4.69, 9.17) is 0 Å². The monoisotopic (exact) mass is 265 g/mol. The molecule has 0 unspecified atom stereocenters. The average Bonchev–Trinajstić information content (AvgIpc) is 2.39. The molecule has 0 fully saturated rings. The summed E-state index contributed by atoms with van der Waals surface area (Å²) in [5.74, 6) is 1.32. The molecule has 3 nitrogen and oxygen atoms in total. The van der Waals surface area contributed by atoms with Gasteiger partial charge in [0.1, 0.15) is 5.82 Å². The van der Waals surface area contributed by atoms with Crippen LogP contribution in [-0.2, 0) is 6.42 Å². The molecule has 1 aromatic rings. The number of hydrogen-bond acceptors (Lipinski definition) is 1. The van der Waals surface area contributed by atoms with Gasteiger partial charge in [0.15, 0.2) is 5.96 Å². The van der Waals surface area contributed by atoms with Crippen LogP contribution in [0.5, 0.6) is 0 Å². The second-order valence-electron chi connectivity index (χ2n) is 4.98. The molecule has 0 radical (unpaired) electrons. The number of rotatable bonds is 6. The summed E-state index contributed by atoms with van der Waals surface area (Å²) in [5.41, 5.74) is 1.12. The van der Waals surface area contributed by atoms with E-state index >= 15 is 0 Å². The predicted molar refractivity (Wildman–Crippen MR) is 78.9 cm³/mol. The maximum absolute atomic E-state index is 12.8. The second kappa shape index (κ2) is 8.51. The Labute approximate surface area is 115 Å². The fourth-order valence-corrected chi connectivity index (χ4v) is 1.68. The first kappa shape index (κ1) is 15.5. The fraction of sp³-hybridized carbons (Fsp3) is 0.533. The predicted octanol–water partition coefficient (Wildman–Crippen LogP) is 2.58. The van der Waals surface area contributed by atoms with E-state index in [-0.39, 0.29) is 5.82 Å². The molecule has 0 aromatic heterocycles. The Balaban J connectivity index is 2.24. The Morgan fingerprint density at radius 1 is 1.16 bits per heavy atom. The third-order valence-electron chi connectivity index (χ3n) is 2.86. The SMILES string of the molecule is CN=C(NCCc1ccc(F)cc1)NCCC(C)C. The Hall–Kier alpha value is -1.58. The van der Waals surface area contributed by atoms with Crippen molar-refractivity contribution in [1.82, 2.24) is 10.6 Å². The van der Waals surface area contributed by atoms with Crippen LogP contribution >= 0.6 is 0 Å². The van der Waals surface area contributed by atoms with Crippen LogP contribution in [0.1, 0.15) is 25.8 Å². The van der Waals surface area contributed by atoms with Gasteiger partial charge in [0.25, 0.3) is 0 Å². The number of nitrogens with one attached hydrogen (secondary N) is 2. The van der Waals surface area contributed by atoms with E-state index in [2.05, 4.69) is 29.5 Å². The summed E-state index contributed by atoms with van der Waals surface area (Å²) in [5, 5.41) is 6.53. The van der Waals surface area contributed by atoms with Crippen molar-refractivity contribution in [1.29, 1.82) is 0 Å². The van der Waals surface area contributed by atoms with E-state index in [1.54, 1.807) is 7.05 Å². The summed E-state index contributed by atoms with van der Waals surface area (Å²) in [4.78, 5) is 4.16. The molecule has 4 heteroatoms. The van der Waals surface area contributed by atoms with Crippen LogP contribution in [0.15, 0.2) is 29.3 Å². The Kier molecular flexibility index (Phi) is 6.93. The fourth-order valence-electron chi connectivity index (χ4n) is 1.68. The van der Waals surface area contributed by atoms with Gasteiger partial charge in [-0.3, -0.25) is 4.99 Å². The number of benzene rings is 1. The smallest absolute Gasteiger partial charge is 0.190 e. The van der Waals surface area contributed by atoms with Crippen molar-refractivity contribution in [2.24, 2.45) is 10.9 Å². The third-order valence-corrected chi connectivity index (χ3v) is 2.86. The van der Waals surface area contributed by atoms with Crippen molar-refractivity contribution in [3.8, 4) is 0 Å². The molecule has 1 rings (SSSR count). The highest BCUT2D eigenvalue weighted by molar-refractivity contribution is 5.79. The molecule has 0 saturated heterocycles. The number of hydrogen-bond donors (Lipinski definition) is 2. The normalized spacial score (nSPS) is 11.7. The molecule has 0 saturated carbocycles. The lowest BCUT2D eigenvalue weighted by Gasteiger charge is -2.12. The number of aliphatic imine (C=N–C) groups is 1. The third kappa shape index (κ3) is 6.79. The van der Waals surface area contributed by atoms with Crippen molar-refractivity contribution < 1.29 is 4.39 Å². The molecule has 1 aromatic carbocycles. The summed E-state index contributed by atoms with van der Waals surface area (Å²) in [7, 11) is 1.77. The number of halogens is 1. The first-order chi connectivity index (χ1) is 9.11. The molecule has 0 aliphatic heterocycles. The maximum Gasteiger partial charge on any atom is 0.190 e. The van der Waals surface area contributed by atoms with Gasteiger partial charge < -0.3 is 10.6 Å². The van der Waals surface area contributed by atoms with Crippen LogP contribution < -0.4 is 10.6 Å². The largest absolute Gasteiger partial charge is 0.356 e. The summed E-state index contributed by atoms with van der Waals surface area (Å²) < 4.78 is 12.8. The second-order valence-corrected chi connectivity index (χ2v) is 4.98. The summed E-state index contributed by atoms with van der Waals surface area (Å²) >= 11 is 0. The highest BCUT2D eigenvalue weighted by Crippen LogP contribution is 2.02.